The summed E-state index contributed by atoms with van der Waals surface area (Å²) >= 11 is 0. The third-order valence-electron chi connectivity index (χ3n) is 0. The predicted molar refractivity (Wildman–Crippen MR) is 14.2 cm³/mol. The topological polar surface area (TPSA) is 74.6 Å². The van der Waals surface area contributed by atoms with Gasteiger partial charge in [-0.05, 0) is 0 Å². The van der Waals surface area contributed by atoms with Crippen LogP contribution >= 0.6 is 0 Å². The summed E-state index contributed by atoms with van der Waals surface area (Å²) in [5, 5.41) is 0. The molecule has 0 aliphatic heterocycles. The van der Waals surface area contributed by atoms with Crippen molar-refractivity contribution in [3.8, 4) is 0 Å². The maximum absolute atomic E-state index is 8.74. The van der Waals surface area contributed by atoms with Gasteiger partial charge in [-0.3, -0.25) is 9.11 Å². The zero-order valence-electron chi connectivity index (χ0n) is 3.07. The molecule has 0 aromatic heterocycles. The number of hydrogen-bond acceptors (Lipinski definition) is 2. The Bertz CT molecular complexity index is 99.2. The molecule has 2 radical (unpaired) electrons. The van der Waals surface area contributed by atoms with Gasteiger partial charge < -0.3 is 0 Å². The molecule has 0 unspecified atom stereocenters. The fraction of sp³-hybridized carbons (Fsp3) is 0. The van der Waals surface area contributed by atoms with Crippen LogP contribution in [0, 0.1) is 0 Å². The van der Waals surface area contributed by atoms with Crippen LogP contribution in [-0.2, 0) is 60.7 Å². The average molecular weight is 279 g/mol. The van der Waals surface area contributed by atoms with Crippen LogP contribution in [0.15, 0.2) is 0 Å². The Labute approximate surface area is 78.0 Å². The van der Waals surface area contributed by atoms with Crippen LogP contribution in [-0.4, -0.2) is 17.5 Å². The van der Waals surface area contributed by atoms with Gasteiger partial charge in [-0.15, -0.1) is 0 Å². The predicted octanol–water partition coefficient (Wildman–Crippen LogP) is -0.660. The van der Waals surface area contributed by atoms with E-state index in [1.807, 2.05) is 0 Å². The molecule has 0 fully saturated rings. The molecule has 4 nitrogen and oxygen atoms in total. The van der Waals surface area contributed by atoms with E-state index in [0.717, 1.165) is 0 Å². The molecule has 0 aliphatic carbocycles. The maximum Gasteiger partial charge on any atom is 0.394 e. The van der Waals surface area contributed by atoms with Gasteiger partial charge in [0.05, 0.1) is 0 Å². The molecule has 0 aromatic rings. The molecule has 0 aromatic carbocycles. The Kier molecular flexibility index (Phi) is 23.9. The monoisotopic (exact) mass is 278 g/mol. The molecule has 0 rings (SSSR count). The van der Waals surface area contributed by atoms with Crippen LogP contribution in [0.25, 0.3) is 0 Å². The molecular formula is H2CoCuNiO4S. The van der Waals surface area contributed by atoms with Gasteiger partial charge in [-0.1, -0.05) is 0 Å². The fourth-order valence-electron chi connectivity index (χ4n) is 0. The van der Waals surface area contributed by atoms with E-state index in [1.54, 1.807) is 0 Å². The molecule has 2 N–H and O–H groups in total. The van der Waals surface area contributed by atoms with Gasteiger partial charge in [0.25, 0.3) is 0 Å². The summed E-state index contributed by atoms with van der Waals surface area (Å²) in [6.45, 7) is 0. The van der Waals surface area contributed by atoms with Crippen molar-refractivity contribution in [1.82, 2.24) is 0 Å². The zero-order valence-corrected chi connectivity index (χ0v) is 6.86. The molecule has 0 bridgehead atoms. The summed E-state index contributed by atoms with van der Waals surface area (Å²) in [5.74, 6) is 0. The quantitative estimate of drug-likeness (QED) is 0.456. The molecule has 8 heteroatoms. The second-order valence-electron chi connectivity index (χ2n) is 0.448. The first kappa shape index (κ1) is 22.8. The second kappa shape index (κ2) is 8.39. The normalized spacial score (nSPS) is 7.25. The Morgan fingerprint density at radius 3 is 1.12 bits per heavy atom. The summed E-state index contributed by atoms with van der Waals surface area (Å²) in [6, 6.07) is 0. The van der Waals surface area contributed by atoms with E-state index in [1.165, 1.54) is 0 Å². The third-order valence-corrected chi connectivity index (χ3v) is 0. The van der Waals surface area contributed by atoms with Crippen LogP contribution in [0.3, 0.4) is 0 Å². The van der Waals surface area contributed by atoms with Gasteiger partial charge in [0, 0.05) is 50.3 Å². The minimum Gasteiger partial charge on any atom is -0.264 e. The van der Waals surface area contributed by atoms with Gasteiger partial charge in [-0.25, -0.2) is 0 Å². The van der Waals surface area contributed by atoms with Crippen molar-refractivity contribution in [2.75, 3.05) is 0 Å². The molecule has 0 atom stereocenters. The van der Waals surface area contributed by atoms with Crippen molar-refractivity contribution in [3.63, 3.8) is 0 Å². The molecule has 62 valence electrons. The summed E-state index contributed by atoms with van der Waals surface area (Å²) in [6.07, 6.45) is 0. The summed E-state index contributed by atoms with van der Waals surface area (Å²) < 4.78 is 31.6. The Balaban J connectivity index is -0.0000000267. The van der Waals surface area contributed by atoms with Crippen molar-refractivity contribution in [3.05, 3.63) is 0 Å². The first-order chi connectivity index (χ1) is 2.00. The molecule has 0 aliphatic rings. The summed E-state index contributed by atoms with van der Waals surface area (Å²) in [5.41, 5.74) is 0. The third kappa shape index (κ3) is 156. The first-order valence-electron chi connectivity index (χ1n) is 0.698. The molecular weight excluding hydrogens is 277 g/mol. The largest absolute Gasteiger partial charge is 0.394 e. The summed E-state index contributed by atoms with van der Waals surface area (Å²) in [4.78, 5) is 0. The van der Waals surface area contributed by atoms with Crippen molar-refractivity contribution < 1.29 is 67.9 Å². The van der Waals surface area contributed by atoms with Gasteiger partial charge in [0.2, 0.25) is 0 Å². The van der Waals surface area contributed by atoms with E-state index in [0.29, 0.717) is 0 Å². The standard InChI is InChI=1S/Co.Cu.Ni.H2O4S/c;;;1-5(2,3)4/h;;;(H2,1,2,3,4). The Hall–Kier alpha value is 1.39. The van der Waals surface area contributed by atoms with E-state index < -0.39 is 10.4 Å². The van der Waals surface area contributed by atoms with Crippen LogP contribution < -0.4 is 0 Å². The van der Waals surface area contributed by atoms with Crippen LogP contribution in [0.5, 0.6) is 0 Å². The Morgan fingerprint density at radius 1 is 1.12 bits per heavy atom. The van der Waals surface area contributed by atoms with Crippen LogP contribution in [0.2, 0.25) is 0 Å². The van der Waals surface area contributed by atoms with Gasteiger partial charge >= 0.3 is 10.4 Å². The molecule has 0 amide bonds. The average Bonchev–Trinajstić information content (AvgIpc) is 0.722. The van der Waals surface area contributed by atoms with Gasteiger partial charge in [-0.2, -0.15) is 8.42 Å². The van der Waals surface area contributed by atoms with Crippen molar-refractivity contribution in [2.24, 2.45) is 0 Å². The zero-order chi connectivity index (χ0) is 4.50. The van der Waals surface area contributed by atoms with E-state index in [9.17, 15) is 0 Å². The SMILES string of the molecule is O=S(=O)(O)O.[Co].[Cu].[Ni]. The van der Waals surface area contributed by atoms with Crippen molar-refractivity contribution in [2.45, 2.75) is 0 Å². The molecule has 0 saturated carbocycles. The number of rotatable bonds is 0. The fourth-order valence-corrected chi connectivity index (χ4v) is 0. The van der Waals surface area contributed by atoms with E-state index >= 15 is 0 Å². The molecule has 0 saturated heterocycles. The van der Waals surface area contributed by atoms with E-state index in [-0.39, 0.29) is 50.3 Å². The van der Waals surface area contributed by atoms with Crippen LogP contribution in [0.1, 0.15) is 0 Å². The Morgan fingerprint density at radius 2 is 1.12 bits per heavy atom. The maximum atomic E-state index is 8.74. The van der Waals surface area contributed by atoms with Crippen LogP contribution in [0.4, 0.5) is 0 Å². The van der Waals surface area contributed by atoms with E-state index in [2.05, 4.69) is 0 Å². The van der Waals surface area contributed by atoms with Crippen molar-refractivity contribution in [1.29, 1.82) is 0 Å². The minimum absolute atomic E-state index is 0. The van der Waals surface area contributed by atoms with Gasteiger partial charge in [0.1, 0.15) is 0 Å². The second-order valence-corrected chi connectivity index (χ2v) is 1.34. The molecule has 8 heavy (non-hydrogen) atoms. The first-order valence-corrected chi connectivity index (χ1v) is 2.10. The smallest absolute Gasteiger partial charge is 0.264 e. The summed E-state index contributed by atoms with van der Waals surface area (Å²) in [7, 11) is -4.67. The molecule has 0 spiro atoms. The molecule has 0 heterocycles. The van der Waals surface area contributed by atoms with Crippen molar-refractivity contribution >= 4 is 10.4 Å². The number of hydrogen-bond donors (Lipinski definition) is 2. The van der Waals surface area contributed by atoms with Gasteiger partial charge in [0.15, 0.2) is 0 Å². The minimum atomic E-state index is -4.67. The van der Waals surface area contributed by atoms with E-state index in [4.69, 9.17) is 17.5 Å².